The molecule has 2 rings (SSSR count). The van der Waals surface area contributed by atoms with Crippen molar-refractivity contribution in [2.75, 3.05) is 19.0 Å². The van der Waals surface area contributed by atoms with Crippen LogP contribution in [0.1, 0.15) is 18.4 Å². The Bertz CT molecular complexity index is 514. The zero-order valence-corrected chi connectivity index (χ0v) is 11.0. The van der Waals surface area contributed by atoms with Crippen LogP contribution in [-0.2, 0) is 13.1 Å². The summed E-state index contributed by atoms with van der Waals surface area (Å²) in [6.07, 6.45) is 1.69. The molecule has 102 valence electrons. The Morgan fingerprint density at radius 1 is 1.32 bits per heavy atom. The Balaban J connectivity index is 1.89. The Morgan fingerprint density at radius 2 is 2.21 bits per heavy atom. The topological polar surface area (TPSA) is 85.1 Å². The maximum atomic E-state index is 5.42. The van der Waals surface area contributed by atoms with E-state index in [9.17, 15) is 0 Å². The van der Waals surface area contributed by atoms with Crippen molar-refractivity contribution in [2.24, 2.45) is 0 Å². The normalized spacial score (nSPS) is 10.4. The van der Waals surface area contributed by atoms with Gasteiger partial charge in [0.1, 0.15) is 0 Å². The van der Waals surface area contributed by atoms with Crippen molar-refractivity contribution in [3.05, 3.63) is 29.8 Å². The molecule has 2 aromatic rings. The molecule has 0 aliphatic heterocycles. The van der Waals surface area contributed by atoms with Gasteiger partial charge in [-0.3, -0.25) is 0 Å². The molecule has 0 fully saturated rings. The average molecular weight is 263 g/mol. The molecule has 2 heterocycles. The lowest BCUT2D eigenvalue weighted by Gasteiger charge is -2.03. The fourth-order valence-corrected chi connectivity index (χ4v) is 1.48. The van der Waals surface area contributed by atoms with E-state index >= 15 is 0 Å². The van der Waals surface area contributed by atoms with Crippen LogP contribution in [0, 0.1) is 0 Å². The lowest BCUT2D eigenvalue weighted by molar-refractivity contribution is 0.397. The van der Waals surface area contributed by atoms with Crippen LogP contribution < -0.4 is 15.4 Å². The number of hydrogen-bond donors (Lipinski definition) is 2. The number of anilines is 1. The summed E-state index contributed by atoms with van der Waals surface area (Å²) in [6, 6.07) is 4.15. The van der Waals surface area contributed by atoms with Crippen LogP contribution in [0.4, 0.5) is 6.01 Å². The second kappa shape index (κ2) is 6.69. The van der Waals surface area contributed by atoms with Crippen LogP contribution in [0.25, 0.3) is 0 Å². The first-order chi connectivity index (χ1) is 9.31. The highest BCUT2D eigenvalue weighted by Gasteiger charge is 2.05. The van der Waals surface area contributed by atoms with Gasteiger partial charge in [-0.15, -0.1) is 5.10 Å². The van der Waals surface area contributed by atoms with Gasteiger partial charge in [0.25, 0.3) is 0 Å². The second-order valence-corrected chi connectivity index (χ2v) is 3.84. The minimum absolute atomic E-state index is 0.406. The number of nitrogens with one attached hydrogen (secondary N) is 2. The van der Waals surface area contributed by atoms with Crippen LogP contribution in [-0.4, -0.2) is 28.8 Å². The van der Waals surface area contributed by atoms with E-state index in [0.29, 0.717) is 30.9 Å². The summed E-state index contributed by atoms with van der Waals surface area (Å²) in [5.74, 6) is 1.15. The van der Waals surface area contributed by atoms with Crippen molar-refractivity contribution < 1.29 is 9.15 Å². The van der Waals surface area contributed by atoms with Gasteiger partial charge in [0.05, 0.1) is 13.7 Å². The van der Waals surface area contributed by atoms with Crippen molar-refractivity contribution in [1.29, 1.82) is 0 Å². The number of methoxy groups -OCH3 is 1. The largest absolute Gasteiger partial charge is 0.481 e. The summed E-state index contributed by atoms with van der Waals surface area (Å²) in [5.41, 5.74) is 1.03. The fraction of sp³-hybridized carbons (Fsp3) is 0.417. The molecular weight excluding hydrogens is 246 g/mol. The van der Waals surface area contributed by atoms with Gasteiger partial charge in [-0.05, 0) is 18.2 Å². The Labute approximate surface area is 111 Å². The Morgan fingerprint density at radius 3 is 3.00 bits per heavy atom. The smallest absolute Gasteiger partial charge is 0.315 e. The summed E-state index contributed by atoms with van der Waals surface area (Å²) in [5, 5.41) is 14.0. The van der Waals surface area contributed by atoms with Crippen LogP contribution in [0.3, 0.4) is 0 Å². The highest BCUT2D eigenvalue weighted by atomic mass is 16.5. The third kappa shape index (κ3) is 3.92. The average Bonchev–Trinajstić information content (AvgIpc) is 2.91. The number of rotatable bonds is 7. The lowest BCUT2D eigenvalue weighted by atomic mass is 10.2. The van der Waals surface area contributed by atoms with Gasteiger partial charge in [-0.25, -0.2) is 4.98 Å². The van der Waals surface area contributed by atoms with E-state index in [0.717, 1.165) is 12.1 Å². The lowest BCUT2D eigenvalue weighted by Crippen LogP contribution is -2.11. The number of hydrogen-bond acceptors (Lipinski definition) is 7. The maximum Gasteiger partial charge on any atom is 0.315 e. The van der Waals surface area contributed by atoms with Crippen molar-refractivity contribution >= 4 is 6.01 Å². The summed E-state index contributed by atoms with van der Waals surface area (Å²) in [6.45, 7) is 4.03. The molecule has 2 N–H and O–H groups in total. The highest BCUT2D eigenvalue weighted by molar-refractivity contribution is 5.26. The first-order valence-corrected chi connectivity index (χ1v) is 6.07. The molecule has 0 saturated carbocycles. The molecule has 0 saturated heterocycles. The standard InChI is InChI=1S/C12H17N5O2/c1-3-13-8-11-16-17-12(19-11)15-7-9-4-5-14-10(6-9)18-2/h4-6,13H,3,7-8H2,1-2H3,(H,15,17). The minimum atomic E-state index is 0.406. The van der Waals surface area contributed by atoms with Gasteiger partial charge in [0, 0.05) is 18.8 Å². The van der Waals surface area contributed by atoms with Crippen molar-refractivity contribution in [3.8, 4) is 5.88 Å². The number of aromatic nitrogens is 3. The van der Waals surface area contributed by atoms with Gasteiger partial charge < -0.3 is 19.8 Å². The third-order valence-electron chi connectivity index (χ3n) is 2.45. The number of ether oxygens (including phenoxy) is 1. The van der Waals surface area contributed by atoms with E-state index in [1.807, 2.05) is 19.1 Å². The van der Waals surface area contributed by atoms with Crippen LogP contribution >= 0.6 is 0 Å². The monoisotopic (exact) mass is 263 g/mol. The summed E-state index contributed by atoms with van der Waals surface area (Å²) in [4.78, 5) is 4.04. The van der Waals surface area contributed by atoms with Gasteiger partial charge in [-0.1, -0.05) is 12.0 Å². The van der Waals surface area contributed by atoms with Crippen LogP contribution in [0.15, 0.2) is 22.7 Å². The number of pyridine rings is 1. The van der Waals surface area contributed by atoms with E-state index in [-0.39, 0.29) is 0 Å². The van der Waals surface area contributed by atoms with Gasteiger partial charge in [-0.2, -0.15) is 0 Å². The van der Waals surface area contributed by atoms with Gasteiger partial charge in [0.15, 0.2) is 0 Å². The molecule has 0 spiro atoms. The fourth-order valence-electron chi connectivity index (χ4n) is 1.48. The van der Waals surface area contributed by atoms with E-state index in [1.54, 1.807) is 13.3 Å². The predicted molar refractivity (Wildman–Crippen MR) is 69.8 cm³/mol. The minimum Gasteiger partial charge on any atom is -0.481 e. The molecule has 0 radical (unpaired) electrons. The van der Waals surface area contributed by atoms with Gasteiger partial charge in [0.2, 0.25) is 11.8 Å². The van der Waals surface area contributed by atoms with Gasteiger partial charge >= 0.3 is 6.01 Å². The molecule has 19 heavy (non-hydrogen) atoms. The molecule has 7 heteroatoms. The molecule has 0 aliphatic carbocycles. The second-order valence-electron chi connectivity index (χ2n) is 3.84. The molecule has 0 aliphatic rings. The van der Waals surface area contributed by atoms with E-state index in [4.69, 9.17) is 9.15 Å². The summed E-state index contributed by atoms with van der Waals surface area (Å²) in [7, 11) is 1.59. The molecule has 7 nitrogen and oxygen atoms in total. The first-order valence-electron chi connectivity index (χ1n) is 6.07. The quantitative estimate of drug-likeness (QED) is 0.776. The van der Waals surface area contributed by atoms with Crippen molar-refractivity contribution in [1.82, 2.24) is 20.5 Å². The number of nitrogens with zero attached hydrogens (tertiary/aromatic N) is 3. The highest BCUT2D eigenvalue weighted by Crippen LogP contribution is 2.11. The zero-order valence-electron chi connectivity index (χ0n) is 11.0. The third-order valence-corrected chi connectivity index (χ3v) is 2.45. The molecule has 2 aromatic heterocycles. The van der Waals surface area contributed by atoms with Crippen LogP contribution in [0.2, 0.25) is 0 Å². The zero-order chi connectivity index (χ0) is 13.5. The molecule has 0 bridgehead atoms. The van der Waals surface area contributed by atoms with E-state index in [1.165, 1.54) is 0 Å². The van der Waals surface area contributed by atoms with Crippen molar-refractivity contribution in [3.63, 3.8) is 0 Å². The first kappa shape index (κ1) is 13.3. The summed E-state index contributed by atoms with van der Waals surface area (Å²) >= 11 is 0. The Hall–Kier alpha value is -2.15. The Kier molecular flexibility index (Phi) is 4.68. The molecule has 0 atom stereocenters. The predicted octanol–water partition coefficient (Wildman–Crippen LogP) is 1.19. The molecule has 0 amide bonds. The van der Waals surface area contributed by atoms with E-state index in [2.05, 4.69) is 25.8 Å². The maximum absolute atomic E-state index is 5.42. The van der Waals surface area contributed by atoms with E-state index < -0.39 is 0 Å². The molecule has 0 unspecified atom stereocenters. The SMILES string of the molecule is CCNCc1nnc(NCc2ccnc(OC)c2)o1. The van der Waals surface area contributed by atoms with Crippen LogP contribution in [0.5, 0.6) is 5.88 Å². The van der Waals surface area contributed by atoms with Crippen molar-refractivity contribution in [2.45, 2.75) is 20.0 Å². The molecular formula is C12H17N5O2. The molecule has 0 aromatic carbocycles. The summed E-state index contributed by atoms with van der Waals surface area (Å²) < 4.78 is 10.5.